The number of carbonyl (C=O) groups excluding carboxylic acids is 1. The molecule has 0 fully saturated rings. The highest BCUT2D eigenvalue weighted by atomic mass is 79.9. The van der Waals surface area contributed by atoms with Crippen LogP contribution in [0, 0.1) is 0 Å². The van der Waals surface area contributed by atoms with E-state index in [0.29, 0.717) is 16.8 Å². The Morgan fingerprint density at radius 2 is 1.95 bits per heavy atom. The van der Waals surface area contributed by atoms with Crippen LogP contribution in [0.4, 0.5) is 5.69 Å². The van der Waals surface area contributed by atoms with Gasteiger partial charge in [0.25, 0.3) is 5.91 Å². The third kappa shape index (κ3) is 3.68. The standard InChI is InChI=1S/C16H15BrN2OS/c1-2-10-5-3-4-6-12(10)16(20)19-14-8-7-11(17)9-13(14)15(18)21/h3-9H,2H2,1H3,(H2,18,21)(H,19,20). The van der Waals surface area contributed by atoms with Gasteiger partial charge in [-0.3, -0.25) is 4.79 Å². The first-order chi connectivity index (χ1) is 10.0. The number of hydrogen-bond acceptors (Lipinski definition) is 2. The molecule has 21 heavy (non-hydrogen) atoms. The van der Waals surface area contributed by atoms with E-state index in [9.17, 15) is 4.79 Å². The monoisotopic (exact) mass is 362 g/mol. The van der Waals surface area contributed by atoms with Gasteiger partial charge in [0, 0.05) is 15.6 Å². The first-order valence-electron chi connectivity index (χ1n) is 6.51. The molecule has 2 rings (SSSR count). The predicted octanol–water partition coefficient (Wildman–Crippen LogP) is 3.90. The van der Waals surface area contributed by atoms with Gasteiger partial charge in [-0.25, -0.2) is 0 Å². The third-order valence-corrected chi connectivity index (χ3v) is 3.85. The van der Waals surface area contributed by atoms with Crippen molar-refractivity contribution in [2.24, 2.45) is 5.73 Å². The molecule has 0 atom stereocenters. The van der Waals surface area contributed by atoms with E-state index in [0.717, 1.165) is 16.5 Å². The van der Waals surface area contributed by atoms with E-state index in [1.807, 2.05) is 37.3 Å². The average Bonchev–Trinajstić information content (AvgIpc) is 2.48. The molecule has 0 saturated heterocycles. The number of nitrogens with one attached hydrogen (secondary N) is 1. The molecule has 0 radical (unpaired) electrons. The maximum absolute atomic E-state index is 12.4. The van der Waals surface area contributed by atoms with E-state index in [1.54, 1.807) is 12.1 Å². The largest absolute Gasteiger partial charge is 0.389 e. The molecule has 1 amide bonds. The minimum atomic E-state index is -0.160. The van der Waals surface area contributed by atoms with E-state index in [1.165, 1.54) is 0 Å². The smallest absolute Gasteiger partial charge is 0.255 e. The van der Waals surface area contributed by atoms with Gasteiger partial charge in [0.2, 0.25) is 0 Å². The Balaban J connectivity index is 2.34. The van der Waals surface area contributed by atoms with Crippen molar-refractivity contribution in [1.82, 2.24) is 0 Å². The van der Waals surface area contributed by atoms with Crippen LogP contribution in [0.1, 0.15) is 28.4 Å². The van der Waals surface area contributed by atoms with E-state index in [-0.39, 0.29) is 10.9 Å². The molecule has 2 aromatic carbocycles. The Morgan fingerprint density at radius 3 is 2.62 bits per heavy atom. The summed E-state index contributed by atoms with van der Waals surface area (Å²) in [5.74, 6) is -0.160. The number of aryl methyl sites for hydroxylation is 1. The number of anilines is 1. The molecule has 5 heteroatoms. The lowest BCUT2D eigenvalue weighted by Gasteiger charge is -2.12. The lowest BCUT2D eigenvalue weighted by Crippen LogP contribution is -2.18. The zero-order chi connectivity index (χ0) is 15.4. The second-order valence-electron chi connectivity index (χ2n) is 4.52. The Labute approximate surface area is 137 Å². The SMILES string of the molecule is CCc1ccccc1C(=O)Nc1ccc(Br)cc1C(N)=S. The molecule has 0 bridgehead atoms. The number of amides is 1. The Hall–Kier alpha value is -1.72. The molecule has 0 heterocycles. The molecule has 0 saturated carbocycles. The van der Waals surface area contributed by atoms with Crippen molar-refractivity contribution in [3.63, 3.8) is 0 Å². The maximum atomic E-state index is 12.4. The van der Waals surface area contributed by atoms with Crippen molar-refractivity contribution in [2.75, 3.05) is 5.32 Å². The summed E-state index contributed by atoms with van der Waals surface area (Å²) in [7, 11) is 0. The van der Waals surface area contributed by atoms with E-state index < -0.39 is 0 Å². The van der Waals surface area contributed by atoms with Crippen LogP contribution in [0.15, 0.2) is 46.9 Å². The maximum Gasteiger partial charge on any atom is 0.255 e. The van der Waals surface area contributed by atoms with Gasteiger partial charge < -0.3 is 11.1 Å². The number of hydrogen-bond donors (Lipinski definition) is 2. The van der Waals surface area contributed by atoms with Gasteiger partial charge in [-0.15, -0.1) is 0 Å². The average molecular weight is 363 g/mol. The highest BCUT2D eigenvalue weighted by Gasteiger charge is 2.13. The first-order valence-corrected chi connectivity index (χ1v) is 7.71. The van der Waals surface area contributed by atoms with Crippen LogP contribution in [0.3, 0.4) is 0 Å². The van der Waals surface area contributed by atoms with Crippen LogP contribution in [-0.4, -0.2) is 10.9 Å². The highest BCUT2D eigenvalue weighted by molar-refractivity contribution is 9.10. The van der Waals surface area contributed by atoms with Crippen LogP contribution in [0.5, 0.6) is 0 Å². The molecule has 0 unspecified atom stereocenters. The number of rotatable bonds is 4. The summed E-state index contributed by atoms with van der Waals surface area (Å²) in [5.41, 5.74) is 8.63. The van der Waals surface area contributed by atoms with Gasteiger partial charge in [0.05, 0.1) is 5.69 Å². The van der Waals surface area contributed by atoms with Crippen molar-refractivity contribution in [3.05, 3.63) is 63.6 Å². The zero-order valence-corrected chi connectivity index (χ0v) is 13.9. The Morgan fingerprint density at radius 1 is 1.24 bits per heavy atom. The first kappa shape index (κ1) is 15.7. The molecule has 3 nitrogen and oxygen atoms in total. The van der Waals surface area contributed by atoms with Gasteiger partial charge in [-0.05, 0) is 36.2 Å². The van der Waals surface area contributed by atoms with Crippen LogP contribution in [0.2, 0.25) is 0 Å². The van der Waals surface area contributed by atoms with Crippen molar-refractivity contribution in [3.8, 4) is 0 Å². The highest BCUT2D eigenvalue weighted by Crippen LogP contribution is 2.22. The van der Waals surface area contributed by atoms with Gasteiger partial charge in [0.1, 0.15) is 4.99 Å². The molecular weight excluding hydrogens is 348 g/mol. The fraction of sp³-hybridized carbons (Fsp3) is 0.125. The predicted molar refractivity (Wildman–Crippen MR) is 93.8 cm³/mol. The number of benzene rings is 2. The second-order valence-corrected chi connectivity index (χ2v) is 5.87. The second kappa shape index (κ2) is 6.83. The number of halogens is 1. The number of nitrogens with two attached hydrogens (primary N) is 1. The molecule has 0 aromatic heterocycles. The van der Waals surface area contributed by atoms with E-state index >= 15 is 0 Å². The van der Waals surface area contributed by atoms with Gasteiger partial charge in [-0.1, -0.05) is 53.3 Å². The van der Waals surface area contributed by atoms with Crippen molar-refractivity contribution in [2.45, 2.75) is 13.3 Å². The Kier molecular flexibility index (Phi) is 5.09. The van der Waals surface area contributed by atoms with Crippen molar-refractivity contribution in [1.29, 1.82) is 0 Å². The van der Waals surface area contributed by atoms with E-state index in [2.05, 4.69) is 21.2 Å². The normalized spacial score (nSPS) is 10.2. The zero-order valence-electron chi connectivity index (χ0n) is 11.5. The summed E-state index contributed by atoms with van der Waals surface area (Å²) in [4.78, 5) is 12.7. The molecule has 0 aliphatic heterocycles. The molecule has 0 spiro atoms. The fourth-order valence-corrected chi connectivity index (χ4v) is 2.60. The molecular formula is C16H15BrN2OS. The molecule has 3 N–H and O–H groups in total. The summed E-state index contributed by atoms with van der Waals surface area (Å²) in [6.45, 7) is 2.02. The van der Waals surface area contributed by atoms with E-state index in [4.69, 9.17) is 18.0 Å². The lowest BCUT2D eigenvalue weighted by molar-refractivity contribution is 0.102. The van der Waals surface area contributed by atoms with Crippen LogP contribution in [0.25, 0.3) is 0 Å². The molecule has 0 aliphatic rings. The third-order valence-electron chi connectivity index (χ3n) is 3.14. The number of carbonyl (C=O) groups is 1. The molecule has 0 aliphatic carbocycles. The summed E-state index contributed by atoms with van der Waals surface area (Å²) >= 11 is 8.40. The van der Waals surface area contributed by atoms with Crippen LogP contribution >= 0.6 is 28.1 Å². The summed E-state index contributed by atoms with van der Waals surface area (Å²) < 4.78 is 0.859. The lowest BCUT2D eigenvalue weighted by atomic mass is 10.0. The molecule has 108 valence electrons. The van der Waals surface area contributed by atoms with Gasteiger partial charge in [0.15, 0.2) is 0 Å². The summed E-state index contributed by atoms with van der Waals surface area (Å²) in [6, 6.07) is 13.0. The van der Waals surface area contributed by atoms with Crippen molar-refractivity contribution < 1.29 is 4.79 Å². The minimum Gasteiger partial charge on any atom is -0.389 e. The van der Waals surface area contributed by atoms with Gasteiger partial charge >= 0.3 is 0 Å². The van der Waals surface area contributed by atoms with Crippen molar-refractivity contribution >= 4 is 44.7 Å². The summed E-state index contributed by atoms with van der Waals surface area (Å²) in [6.07, 6.45) is 0.798. The van der Waals surface area contributed by atoms with Gasteiger partial charge in [-0.2, -0.15) is 0 Å². The van der Waals surface area contributed by atoms with Crippen LogP contribution < -0.4 is 11.1 Å². The minimum absolute atomic E-state index is 0.160. The molecule has 2 aromatic rings. The van der Waals surface area contributed by atoms with Crippen LogP contribution in [-0.2, 0) is 6.42 Å². The topological polar surface area (TPSA) is 55.1 Å². The Bertz CT molecular complexity index is 700. The quantitative estimate of drug-likeness (QED) is 0.811. The summed E-state index contributed by atoms with van der Waals surface area (Å²) in [5, 5.41) is 2.88. The fourth-order valence-electron chi connectivity index (χ4n) is 2.07. The number of thiocarbonyl (C=S) groups is 1.